The number of amides is 1. The Morgan fingerprint density at radius 2 is 1.74 bits per heavy atom. The van der Waals surface area contributed by atoms with Crippen LogP contribution in [0.3, 0.4) is 0 Å². The van der Waals surface area contributed by atoms with Crippen molar-refractivity contribution in [3.63, 3.8) is 0 Å². The van der Waals surface area contributed by atoms with Crippen molar-refractivity contribution in [3.05, 3.63) is 67.0 Å². The van der Waals surface area contributed by atoms with E-state index in [-0.39, 0.29) is 5.91 Å². The summed E-state index contributed by atoms with van der Waals surface area (Å²) in [6.07, 6.45) is 4.64. The lowest BCUT2D eigenvalue weighted by Gasteiger charge is -2.09. The van der Waals surface area contributed by atoms with E-state index >= 15 is 0 Å². The third kappa shape index (κ3) is 5.60. The highest BCUT2D eigenvalue weighted by Gasteiger charge is 2.04. The average Bonchev–Trinajstić information content (AvgIpc) is 3.22. The van der Waals surface area contributed by atoms with Crippen LogP contribution in [0, 0.1) is 0 Å². The van der Waals surface area contributed by atoms with E-state index in [1.165, 1.54) is 0 Å². The number of hydrogen-bond acceptors (Lipinski definition) is 4. The van der Waals surface area contributed by atoms with Crippen LogP contribution in [0.2, 0.25) is 0 Å². The summed E-state index contributed by atoms with van der Waals surface area (Å²) in [6.45, 7) is 3.07. The fourth-order valence-corrected chi connectivity index (χ4v) is 2.56. The van der Waals surface area contributed by atoms with Gasteiger partial charge >= 0.3 is 0 Å². The van der Waals surface area contributed by atoms with Crippen LogP contribution in [-0.2, 0) is 4.79 Å². The molecule has 27 heavy (non-hydrogen) atoms. The first kappa shape index (κ1) is 18.5. The molecule has 0 atom stereocenters. The van der Waals surface area contributed by atoms with E-state index in [9.17, 15) is 4.79 Å². The standard InChI is InChI=1S/C21H23N3O3/c1-2-26-19-10-12-20(13-11-19)27-16-3-5-21(25)23-17-6-8-18(9-7-17)24-15-4-14-22-24/h4,6-15H,2-3,5,16H2,1H3,(H,23,25). The Morgan fingerprint density at radius 3 is 2.37 bits per heavy atom. The first-order valence-electron chi connectivity index (χ1n) is 9.00. The molecule has 1 heterocycles. The topological polar surface area (TPSA) is 65.4 Å². The number of hydrogen-bond donors (Lipinski definition) is 1. The third-order valence-electron chi connectivity index (χ3n) is 3.87. The molecule has 0 aliphatic carbocycles. The first-order valence-corrected chi connectivity index (χ1v) is 9.00. The Kier molecular flexibility index (Phi) is 6.46. The highest BCUT2D eigenvalue weighted by molar-refractivity contribution is 5.90. The molecule has 0 unspecified atom stereocenters. The van der Waals surface area contributed by atoms with Crippen molar-refractivity contribution in [1.29, 1.82) is 0 Å². The monoisotopic (exact) mass is 365 g/mol. The maximum atomic E-state index is 12.1. The molecule has 6 heteroatoms. The summed E-state index contributed by atoms with van der Waals surface area (Å²) < 4.78 is 12.8. The number of carbonyl (C=O) groups excluding carboxylic acids is 1. The number of benzene rings is 2. The summed E-state index contributed by atoms with van der Waals surface area (Å²) in [5.74, 6) is 1.56. The summed E-state index contributed by atoms with van der Waals surface area (Å²) in [5, 5.41) is 7.07. The molecule has 0 aliphatic rings. The molecule has 0 bridgehead atoms. The molecule has 1 aromatic heterocycles. The minimum Gasteiger partial charge on any atom is -0.494 e. The van der Waals surface area contributed by atoms with Crippen molar-refractivity contribution in [3.8, 4) is 17.2 Å². The third-order valence-corrected chi connectivity index (χ3v) is 3.87. The normalized spacial score (nSPS) is 10.4. The number of ether oxygens (including phenoxy) is 2. The Labute approximate surface area is 158 Å². The minimum atomic E-state index is -0.0304. The number of anilines is 1. The number of rotatable bonds is 9. The van der Waals surface area contributed by atoms with Gasteiger partial charge in [-0.1, -0.05) is 0 Å². The van der Waals surface area contributed by atoms with Gasteiger partial charge in [-0.25, -0.2) is 4.68 Å². The second kappa shape index (κ2) is 9.43. The van der Waals surface area contributed by atoms with Gasteiger partial charge in [-0.05, 0) is 67.9 Å². The van der Waals surface area contributed by atoms with E-state index in [1.54, 1.807) is 10.9 Å². The summed E-state index contributed by atoms with van der Waals surface area (Å²) in [7, 11) is 0. The first-order chi connectivity index (χ1) is 13.2. The molecule has 1 amide bonds. The Bertz CT molecular complexity index is 828. The maximum absolute atomic E-state index is 12.1. The molecule has 1 N–H and O–H groups in total. The maximum Gasteiger partial charge on any atom is 0.224 e. The van der Waals surface area contributed by atoms with E-state index in [0.29, 0.717) is 26.1 Å². The highest BCUT2D eigenvalue weighted by Crippen LogP contribution is 2.18. The van der Waals surface area contributed by atoms with E-state index < -0.39 is 0 Å². The van der Waals surface area contributed by atoms with Gasteiger partial charge < -0.3 is 14.8 Å². The molecule has 0 fully saturated rings. The number of nitrogens with zero attached hydrogens (tertiary/aromatic N) is 2. The largest absolute Gasteiger partial charge is 0.494 e. The Balaban J connectivity index is 1.38. The van der Waals surface area contributed by atoms with Crippen molar-refractivity contribution in [2.45, 2.75) is 19.8 Å². The van der Waals surface area contributed by atoms with Crippen LogP contribution in [0.15, 0.2) is 67.0 Å². The number of aromatic nitrogens is 2. The zero-order valence-electron chi connectivity index (χ0n) is 15.3. The van der Waals surface area contributed by atoms with Crippen LogP contribution >= 0.6 is 0 Å². The van der Waals surface area contributed by atoms with Crippen molar-refractivity contribution >= 4 is 11.6 Å². The van der Waals surface area contributed by atoms with Crippen LogP contribution in [0.5, 0.6) is 11.5 Å². The SMILES string of the molecule is CCOc1ccc(OCCCC(=O)Nc2ccc(-n3cccn3)cc2)cc1. The summed E-state index contributed by atoms with van der Waals surface area (Å²) in [4.78, 5) is 12.1. The molecule has 140 valence electrons. The fourth-order valence-electron chi connectivity index (χ4n) is 2.56. The van der Waals surface area contributed by atoms with E-state index in [0.717, 1.165) is 22.9 Å². The van der Waals surface area contributed by atoms with Crippen LogP contribution in [-0.4, -0.2) is 28.9 Å². The molecular weight excluding hydrogens is 342 g/mol. The molecule has 3 aromatic rings. The fraction of sp³-hybridized carbons (Fsp3) is 0.238. The van der Waals surface area contributed by atoms with Gasteiger partial charge in [0.15, 0.2) is 0 Å². The van der Waals surface area contributed by atoms with Gasteiger partial charge in [0.25, 0.3) is 0 Å². The van der Waals surface area contributed by atoms with Gasteiger partial charge in [-0.2, -0.15) is 5.10 Å². The lowest BCUT2D eigenvalue weighted by molar-refractivity contribution is -0.116. The Morgan fingerprint density at radius 1 is 1.04 bits per heavy atom. The van der Waals surface area contributed by atoms with Crippen molar-refractivity contribution in [2.75, 3.05) is 18.5 Å². The van der Waals surface area contributed by atoms with Gasteiger partial charge in [-0.15, -0.1) is 0 Å². The quantitative estimate of drug-likeness (QED) is 0.581. The number of carbonyl (C=O) groups is 1. The van der Waals surface area contributed by atoms with Crippen LogP contribution in [0.1, 0.15) is 19.8 Å². The lowest BCUT2D eigenvalue weighted by Crippen LogP contribution is -2.12. The summed E-state index contributed by atoms with van der Waals surface area (Å²) in [6, 6.07) is 16.9. The molecular formula is C21H23N3O3. The molecule has 2 aromatic carbocycles. The van der Waals surface area contributed by atoms with Gasteiger partial charge in [0.05, 0.1) is 18.9 Å². The van der Waals surface area contributed by atoms with Crippen molar-refractivity contribution < 1.29 is 14.3 Å². The van der Waals surface area contributed by atoms with Crippen LogP contribution < -0.4 is 14.8 Å². The van der Waals surface area contributed by atoms with E-state index in [2.05, 4.69) is 10.4 Å². The molecule has 0 saturated heterocycles. The second-order valence-corrected chi connectivity index (χ2v) is 5.90. The molecule has 6 nitrogen and oxygen atoms in total. The summed E-state index contributed by atoms with van der Waals surface area (Å²) in [5.41, 5.74) is 1.71. The van der Waals surface area contributed by atoms with Gasteiger partial charge in [0.1, 0.15) is 11.5 Å². The highest BCUT2D eigenvalue weighted by atomic mass is 16.5. The molecule has 0 saturated carbocycles. The van der Waals surface area contributed by atoms with Crippen LogP contribution in [0.25, 0.3) is 5.69 Å². The zero-order chi connectivity index (χ0) is 18.9. The number of nitrogens with one attached hydrogen (secondary N) is 1. The average molecular weight is 365 g/mol. The van der Waals surface area contributed by atoms with Gasteiger partial charge in [0.2, 0.25) is 5.91 Å². The lowest BCUT2D eigenvalue weighted by atomic mass is 10.2. The van der Waals surface area contributed by atoms with Crippen molar-refractivity contribution in [2.24, 2.45) is 0 Å². The second-order valence-electron chi connectivity index (χ2n) is 5.90. The zero-order valence-corrected chi connectivity index (χ0v) is 15.3. The summed E-state index contributed by atoms with van der Waals surface area (Å²) >= 11 is 0. The Hall–Kier alpha value is -3.28. The molecule has 3 rings (SSSR count). The predicted octanol–water partition coefficient (Wildman–Crippen LogP) is 4.07. The van der Waals surface area contributed by atoms with Crippen molar-refractivity contribution in [1.82, 2.24) is 9.78 Å². The molecule has 0 spiro atoms. The molecule has 0 aliphatic heterocycles. The molecule has 0 radical (unpaired) electrons. The van der Waals surface area contributed by atoms with E-state index in [1.807, 2.05) is 67.7 Å². The van der Waals surface area contributed by atoms with E-state index in [4.69, 9.17) is 9.47 Å². The predicted molar refractivity (Wildman–Crippen MR) is 105 cm³/mol. The van der Waals surface area contributed by atoms with Gasteiger partial charge in [0, 0.05) is 24.5 Å². The van der Waals surface area contributed by atoms with Crippen LogP contribution in [0.4, 0.5) is 5.69 Å². The minimum absolute atomic E-state index is 0.0304. The smallest absolute Gasteiger partial charge is 0.224 e. The van der Waals surface area contributed by atoms with Gasteiger partial charge in [-0.3, -0.25) is 4.79 Å².